The van der Waals surface area contributed by atoms with E-state index in [-0.39, 0.29) is 17.8 Å². The Morgan fingerprint density at radius 3 is 2.69 bits per heavy atom. The van der Waals surface area contributed by atoms with E-state index >= 15 is 0 Å². The Bertz CT molecular complexity index is 224. The Kier molecular flexibility index (Phi) is 2.76. The minimum atomic E-state index is -0.470. The summed E-state index contributed by atoms with van der Waals surface area (Å²) in [6, 6.07) is 0. The van der Waals surface area contributed by atoms with E-state index < -0.39 is 5.60 Å². The highest BCUT2D eigenvalue weighted by Gasteiger charge is 2.66. The van der Waals surface area contributed by atoms with Crippen LogP contribution in [0, 0.1) is 11.8 Å². The maximum atomic E-state index is 11.3. The molecule has 0 N–H and O–H groups in total. The number of methoxy groups -OCH3 is 1. The predicted octanol–water partition coefficient (Wildman–Crippen LogP) is 1.39. The Morgan fingerprint density at radius 2 is 2.31 bits per heavy atom. The van der Waals surface area contributed by atoms with Crippen LogP contribution in [-0.4, -0.2) is 25.3 Å². The van der Waals surface area contributed by atoms with Crippen molar-refractivity contribution in [3.05, 3.63) is 12.7 Å². The van der Waals surface area contributed by atoms with Gasteiger partial charge in [0.15, 0.2) is 0 Å². The van der Waals surface area contributed by atoms with Crippen LogP contribution in [0.4, 0.5) is 0 Å². The van der Waals surface area contributed by atoms with Crippen LogP contribution in [-0.2, 0) is 14.3 Å². The Balaban J connectivity index is 2.71. The molecule has 1 fully saturated rings. The maximum absolute atomic E-state index is 11.3. The van der Waals surface area contributed by atoms with Crippen molar-refractivity contribution in [1.29, 1.82) is 0 Å². The molecular weight excluding hydrogens is 168 g/mol. The molecular formula is C10H16O3. The van der Waals surface area contributed by atoms with Gasteiger partial charge in [0.1, 0.15) is 5.60 Å². The number of hydrogen-bond donors (Lipinski definition) is 0. The van der Waals surface area contributed by atoms with E-state index in [0.29, 0.717) is 6.61 Å². The first-order chi connectivity index (χ1) is 6.14. The third-order valence-electron chi connectivity index (χ3n) is 2.76. The van der Waals surface area contributed by atoms with Crippen molar-refractivity contribution in [1.82, 2.24) is 0 Å². The van der Waals surface area contributed by atoms with Gasteiger partial charge in [-0.25, -0.2) is 0 Å². The van der Waals surface area contributed by atoms with Gasteiger partial charge >= 0.3 is 5.97 Å². The highest BCUT2D eigenvalue weighted by atomic mass is 16.5. The molecule has 0 aromatic carbocycles. The van der Waals surface area contributed by atoms with Crippen LogP contribution in [0.2, 0.25) is 0 Å². The number of carbonyl (C=O) groups excluding carboxylic acids is 1. The van der Waals surface area contributed by atoms with Crippen LogP contribution in [0.3, 0.4) is 0 Å². The predicted molar refractivity (Wildman–Crippen MR) is 49.2 cm³/mol. The normalized spacial score (nSPS) is 36.8. The van der Waals surface area contributed by atoms with Gasteiger partial charge in [-0.3, -0.25) is 4.79 Å². The average molecular weight is 184 g/mol. The number of carbonyl (C=O) groups is 1. The first-order valence-corrected chi connectivity index (χ1v) is 4.49. The van der Waals surface area contributed by atoms with Crippen molar-refractivity contribution in [2.45, 2.75) is 19.4 Å². The largest absolute Gasteiger partial charge is 0.469 e. The molecule has 0 spiro atoms. The number of esters is 1. The number of ether oxygens (including phenoxy) is 2. The fraction of sp³-hybridized carbons (Fsp3) is 0.700. The summed E-state index contributed by atoms with van der Waals surface area (Å²) < 4.78 is 10.2. The van der Waals surface area contributed by atoms with Crippen molar-refractivity contribution < 1.29 is 14.3 Å². The fourth-order valence-electron chi connectivity index (χ4n) is 1.91. The van der Waals surface area contributed by atoms with Gasteiger partial charge in [-0.1, -0.05) is 13.0 Å². The van der Waals surface area contributed by atoms with Gasteiger partial charge in [0.05, 0.1) is 13.0 Å². The summed E-state index contributed by atoms with van der Waals surface area (Å²) in [4.78, 5) is 11.3. The summed E-state index contributed by atoms with van der Waals surface area (Å²) in [6.07, 6.45) is 1.71. The van der Waals surface area contributed by atoms with Crippen LogP contribution >= 0.6 is 0 Å². The Labute approximate surface area is 78.7 Å². The van der Waals surface area contributed by atoms with Crippen LogP contribution in [0.1, 0.15) is 13.8 Å². The molecule has 0 aromatic rings. The van der Waals surface area contributed by atoms with E-state index in [1.807, 2.05) is 13.8 Å². The first-order valence-electron chi connectivity index (χ1n) is 4.49. The summed E-state index contributed by atoms with van der Waals surface area (Å²) >= 11 is 0. The van der Waals surface area contributed by atoms with Gasteiger partial charge in [0.25, 0.3) is 0 Å². The lowest BCUT2D eigenvalue weighted by Crippen LogP contribution is -2.19. The minimum Gasteiger partial charge on any atom is -0.469 e. The standard InChI is InChI=1S/C10H16O3/c1-5-10(13-6-2)7(3)8(10)9(11)12-4/h5,7-8H,1,6H2,2-4H3. The number of hydrogen-bond acceptors (Lipinski definition) is 3. The molecule has 0 radical (unpaired) electrons. The van der Waals surface area contributed by atoms with Crippen LogP contribution in [0.25, 0.3) is 0 Å². The van der Waals surface area contributed by atoms with Crippen LogP contribution < -0.4 is 0 Å². The summed E-state index contributed by atoms with van der Waals surface area (Å²) in [6.45, 7) is 8.16. The van der Waals surface area contributed by atoms with Gasteiger partial charge in [-0.15, -0.1) is 6.58 Å². The van der Waals surface area contributed by atoms with Gasteiger partial charge in [0.2, 0.25) is 0 Å². The molecule has 0 aliphatic heterocycles. The van der Waals surface area contributed by atoms with Crippen molar-refractivity contribution in [3.8, 4) is 0 Å². The Morgan fingerprint density at radius 1 is 1.69 bits per heavy atom. The lowest BCUT2D eigenvalue weighted by atomic mass is 10.2. The lowest BCUT2D eigenvalue weighted by Gasteiger charge is -2.11. The second kappa shape index (κ2) is 3.50. The van der Waals surface area contributed by atoms with Gasteiger partial charge in [-0.05, 0) is 6.92 Å². The monoisotopic (exact) mass is 184 g/mol. The van der Waals surface area contributed by atoms with Crippen molar-refractivity contribution >= 4 is 5.97 Å². The fourth-order valence-corrected chi connectivity index (χ4v) is 1.91. The molecule has 74 valence electrons. The molecule has 1 rings (SSSR count). The van der Waals surface area contributed by atoms with Crippen LogP contribution in [0.5, 0.6) is 0 Å². The van der Waals surface area contributed by atoms with Gasteiger partial charge in [0, 0.05) is 12.5 Å². The zero-order chi connectivity index (χ0) is 10.1. The molecule has 0 aromatic heterocycles. The topological polar surface area (TPSA) is 35.5 Å². The molecule has 3 unspecified atom stereocenters. The van der Waals surface area contributed by atoms with E-state index in [1.54, 1.807) is 6.08 Å². The molecule has 1 aliphatic rings. The molecule has 3 heteroatoms. The van der Waals surface area contributed by atoms with Gasteiger partial charge in [-0.2, -0.15) is 0 Å². The second-order valence-corrected chi connectivity index (χ2v) is 3.28. The summed E-state index contributed by atoms with van der Waals surface area (Å²) in [7, 11) is 1.40. The molecule has 13 heavy (non-hydrogen) atoms. The summed E-state index contributed by atoms with van der Waals surface area (Å²) in [5, 5.41) is 0. The van der Waals surface area contributed by atoms with Crippen molar-refractivity contribution in [2.75, 3.05) is 13.7 Å². The summed E-state index contributed by atoms with van der Waals surface area (Å²) in [5.41, 5.74) is -0.470. The zero-order valence-electron chi connectivity index (χ0n) is 8.37. The van der Waals surface area contributed by atoms with E-state index in [1.165, 1.54) is 7.11 Å². The highest BCUT2D eigenvalue weighted by Crippen LogP contribution is 2.54. The molecule has 3 nitrogen and oxygen atoms in total. The average Bonchev–Trinajstić information content (AvgIpc) is 2.72. The third-order valence-corrected chi connectivity index (χ3v) is 2.76. The SMILES string of the molecule is C=CC1(OCC)C(C)C1C(=O)OC. The third kappa shape index (κ3) is 1.37. The molecule has 0 bridgehead atoms. The lowest BCUT2D eigenvalue weighted by molar-refractivity contribution is -0.144. The van der Waals surface area contributed by atoms with Crippen LogP contribution in [0.15, 0.2) is 12.7 Å². The summed E-state index contributed by atoms with van der Waals surface area (Å²) in [5.74, 6) is -0.201. The Hall–Kier alpha value is -0.830. The van der Waals surface area contributed by atoms with Gasteiger partial charge < -0.3 is 9.47 Å². The molecule has 1 saturated carbocycles. The highest BCUT2D eigenvalue weighted by molar-refractivity contribution is 5.79. The second-order valence-electron chi connectivity index (χ2n) is 3.28. The number of rotatable bonds is 4. The maximum Gasteiger partial charge on any atom is 0.312 e. The van der Waals surface area contributed by atoms with E-state index in [0.717, 1.165) is 0 Å². The molecule has 3 atom stereocenters. The van der Waals surface area contributed by atoms with E-state index in [4.69, 9.17) is 4.74 Å². The molecule has 0 saturated heterocycles. The quantitative estimate of drug-likeness (QED) is 0.489. The minimum absolute atomic E-state index is 0.171. The molecule has 0 heterocycles. The smallest absolute Gasteiger partial charge is 0.312 e. The molecule has 1 aliphatic carbocycles. The van der Waals surface area contributed by atoms with Crippen molar-refractivity contribution in [2.24, 2.45) is 11.8 Å². The molecule has 0 amide bonds. The van der Waals surface area contributed by atoms with E-state index in [9.17, 15) is 4.79 Å². The van der Waals surface area contributed by atoms with E-state index in [2.05, 4.69) is 11.3 Å². The zero-order valence-corrected chi connectivity index (χ0v) is 8.37. The first kappa shape index (κ1) is 10.3. The van der Waals surface area contributed by atoms with Crippen molar-refractivity contribution in [3.63, 3.8) is 0 Å².